The molecule has 4 atom stereocenters. The lowest BCUT2D eigenvalue weighted by molar-refractivity contribution is -0.137. The van der Waals surface area contributed by atoms with Crippen molar-refractivity contribution in [2.24, 2.45) is 5.92 Å². The summed E-state index contributed by atoms with van der Waals surface area (Å²) < 4.78 is 39.9. The molecule has 28 heavy (non-hydrogen) atoms. The average Bonchev–Trinajstić information content (AvgIpc) is 3.35. The zero-order valence-corrected chi connectivity index (χ0v) is 15.3. The fraction of sp³-hybridized carbons (Fsp3) is 0.526. The van der Waals surface area contributed by atoms with E-state index in [9.17, 15) is 23.1 Å². The molecule has 1 heterocycles. The number of aromatic nitrogens is 3. The number of benzene rings is 1. The van der Waals surface area contributed by atoms with Gasteiger partial charge in [0.1, 0.15) is 11.8 Å². The smallest absolute Gasteiger partial charge is 0.384 e. The molecule has 0 aliphatic heterocycles. The quantitative estimate of drug-likeness (QED) is 0.836. The van der Waals surface area contributed by atoms with Crippen LogP contribution in [-0.2, 0) is 11.0 Å². The maximum atomic E-state index is 12.7. The van der Waals surface area contributed by atoms with E-state index in [2.05, 4.69) is 15.6 Å². The molecule has 4 rings (SSSR count). The number of amides is 1. The molecule has 0 saturated heterocycles. The van der Waals surface area contributed by atoms with Gasteiger partial charge in [-0.25, -0.2) is 4.68 Å². The fourth-order valence-corrected chi connectivity index (χ4v) is 4.53. The molecule has 2 N–H and O–H groups in total. The molecular formula is C19H21F3N4O2. The molecule has 6 nitrogen and oxygen atoms in total. The van der Waals surface area contributed by atoms with Gasteiger partial charge < -0.3 is 10.4 Å². The first-order valence-corrected chi connectivity index (χ1v) is 9.27. The summed E-state index contributed by atoms with van der Waals surface area (Å²) in [5, 5.41) is 20.9. The minimum Gasteiger partial charge on any atom is -0.384 e. The molecule has 9 heteroatoms. The van der Waals surface area contributed by atoms with Crippen molar-refractivity contribution in [2.45, 2.75) is 56.5 Å². The van der Waals surface area contributed by atoms with Gasteiger partial charge in [-0.15, -0.1) is 5.10 Å². The maximum Gasteiger partial charge on any atom is 0.416 e. The minimum absolute atomic E-state index is 0.0929. The summed E-state index contributed by atoms with van der Waals surface area (Å²) >= 11 is 0. The number of carbonyl (C=O) groups excluding carboxylic acids is 1. The van der Waals surface area contributed by atoms with Crippen molar-refractivity contribution in [2.75, 3.05) is 0 Å². The molecule has 2 fully saturated rings. The highest BCUT2D eigenvalue weighted by Gasteiger charge is 2.54. The first-order valence-electron chi connectivity index (χ1n) is 9.27. The van der Waals surface area contributed by atoms with Gasteiger partial charge in [0.2, 0.25) is 5.91 Å². The second kappa shape index (κ2) is 6.58. The lowest BCUT2D eigenvalue weighted by atomic mass is 9.88. The van der Waals surface area contributed by atoms with Crippen LogP contribution in [0.2, 0.25) is 0 Å². The number of alkyl halides is 3. The van der Waals surface area contributed by atoms with E-state index >= 15 is 0 Å². The number of halogens is 3. The third-order valence-electron chi connectivity index (χ3n) is 5.94. The van der Waals surface area contributed by atoms with Gasteiger partial charge in [-0.3, -0.25) is 4.79 Å². The van der Waals surface area contributed by atoms with Crippen molar-refractivity contribution in [3.8, 4) is 11.3 Å². The van der Waals surface area contributed by atoms with Crippen molar-refractivity contribution < 1.29 is 23.1 Å². The number of carbonyl (C=O) groups is 1. The van der Waals surface area contributed by atoms with Crippen LogP contribution in [0.4, 0.5) is 13.2 Å². The van der Waals surface area contributed by atoms with E-state index in [-0.39, 0.29) is 6.04 Å². The molecule has 1 aromatic heterocycles. The van der Waals surface area contributed by atoms with E-state index in [4.69, 9.17) is 0 Å². The standard InChI is InChI=1S/C19H21F3N4O2/c1-11(27)17(28)23-18-7-6-12(9-18)8-16(18)26-10-15(24-25-26)13-2-4-14(5-3-13)19(20,21)22/h2-5,10-12,16,27H,6-9H2,1H3,(H,23,28)/t11-,12-,16-,18+/m1/s1. The van der Waals surface area contributed by atoms with Crippen molar-refractivity contribution in [1.29, 1.82) is 0 Å². The van der Waals surface area contributed by atoms with Crippen LogP contribution in [0, 0.1) is 5.92 Å². The molecule has 1 amide bonds. The number of hydrogen-bond acceptors (Lipinski definition) is 4. The highest BCUT2D eigenvalue weighted by molar-refractivity contribution is 5.81. The van der Waals surface area contributed by atoms with E-state index in [0.717, 1.165) is 37.8 Å². The summed E-state index contributed by atoms with van der Waals surface area (Å²) in [5.74, 6) is 0.0636. The summed E-state index contributed by atoms with van der Waals surface area (Å²) in [6.45, 7) is 1.43. The first-order chi connectivity index (χ1) is 13.2. The van der Waals surface area contributed by atoms with Crippen molar-refractivity contribution in [3.63, 3.8) is 0 Å². The highest BCUT2D eigenvalue weighted by atomic mass is 19.4. The van der Waals surface area contributed by atoms with Crippen molar-refractivity contribution >= 4 is 5.91 Å². The average molecular weight is 394 g/mol. The molecular weight excluding hydrogens is 373 g/mol. The Hall–Kier alpha value is -2.42. The zero-order valence-electron chi connectivity index (χ0n) is 15.3. The Balaban J connectivity index is 1.58. The SMILES string of the molecule is C[C@@H](O)C(=O)N[C@]12CC[C@H](C[C@H]1n1cc(-c3ccc(C(F)(F)F)cc3)nn1)C2. The van der Waals surface area contributed by atoms with Crippen LogP contribution < -0.4 is 5.32 Å². The topological polar surface area (TPSA) is 80.0 Å². The van der Waals surface area contributed by atoms with Gasteiger partial charge in [-0.1, -0.05) is 17.3 Å². The van der Waals surface area contributed by atoms with Crippen LogP contribution in [0.3, 0.4) is 0 Å². The number of hydrogen-bond donors (Lipinski definition) is 2. The zero-order chi connectivity index (χ0) is 20.1. The first kappa shape index (κ1) is 18.9. The Kier molecular flexibility index (Phi) is 4.45. The van der Waals surface area contributed by atoms with Gasteiger partial charge >= 0.3 is 6.18 Å². The summed E-state index contributed by atoms with van der Waals surface area (Å²) in [6, 6.07) is 4.71. The Morgan fingerprint density at radius 2 is 2.07 bits per heavy atom. The summed E-state index contributed by atoms with van der Waals surface area (Å²) in [5.41, 5.74) is -0.154. The van der Waals surface area contributed by atoms with Crippen molar-refractivity contribution in [1.82, 2.24) is 20.3 Å². The lowest BCUT2D eigenvalue weighted by Crippen LogP contribution is -2.53. The molecule has 2 bridgehead atoms. The van der Waals surface area contributed by atoms with E-state index in [0.29, 0.717) is 17.2 Å². The van der Waals surface area contributed by atoms with Crippen LogP contribution in [0.15, 0.2) is 30.5 Å². The van der Waals surface area contributed by atoms with E-state index in [1.165, 1.54) is 19.1 Å². The Morgan fingerprint density at radius 3 is 2.68 bits per heavy atom. The normalized spacial score (nSPS) is 27.8. The highest BCUT2D eigenvalue weighted by Crippen LogP contribution is 2.53. The third kappa shape index (κ3) is 3.28. The maximum absolute atomic E-state index is 12.7. The molecule has 2 aliphatic rings. The number of fused-ring (bicyclic) bond motifs is 2. The van der Waals surface area contributed by atoms with Gasteiger partial charge in [0, 0.05) is 5.56 Å². The number of nitrogens with zero attached hydrogens (tertiary/aromatic N) is 3. The summed E-state index contributed by atoms with van der Waals surface area (Å²) in [4.78, 5) is 12.1. The molecule has 1 aromatic carbocycles. The Morgan fingerprint density at radius 1 is 1.36 bits per heavy atom. The molecule has 0 spiro atoms. The number of nitrogens with one attached hydrogen (secondary N) is 1. The summed E-state index contributed by atoms with van der Waals surface area (Å²) in [7, 11) is 0. The van der Waals surface area contributed by atoms with E-state index < -0.39 is 29.3 Å². The number of rotatable bonds is 4. The van der Waals surface area contributed by atoms with Crippen LogP contribution in [-0.4, -0.2) is 37.7 Å². The van der Waals surface area contributed by atoms with Crippen LogP contribution in [0.1, 0.15) is 44.2 Å². The Labute approximate surface area is 159 Å². The third-order valence-corrected chi connectivity index (χ3v) is 5.94. The molecule has 2 aliphatic carbocycles. The molecule has 150 valence electrons. The molecule has 2 saturated carbocycles. The fourth-order valence-electron chi connectivity index (χ4n) is 4.53. The predicted molar refractivity (Wildman–Crippen MR) is 94.0 cm³/mol. The van der Waals surface area contributed by atoms with Crippen LogP contribution in [0.25, 0.3) is 11.3 Å². The van der Waals surface area contributed by atoms with Gasteiger partial charge in [-0.05, 0) is 50.7 Å². The van der Waals surface area contributed by atoms with E-state index in [1.807, 2.05) is 0 Å². The largest absolute Gasteiger partial charge is 0.416 e. The van der Waals surface area contributed by atoms with Crippen LogP contribution >= 0.6 is 0 Å². The molecule has 0 unspecified atom stereocenters. The minimum atomic E-state index is -4.38. The number of aliphatic hydroxyl groups is 1. The summed E-state index contributed by atoms with van der Waals surface area (Å²) in [6.07, 6.45) is -0.277. The van der Waals surface area contributed by atoms with E-state index in [1.54, 1.807) is 10.9 Å². The second-order valence-corrected chi connectivity index (χ2v) is 7.84. The predicted octanol–water partition coefficient (Wildman–Crippen LogP) is 2.94. The molecule has 2 aromatic rings. The Bertz CT molecular complexity index is 878. The lowest BCUT2D eigenvalue weighted by Gasteiger charge is -2.36. The van der Waals surface area contributed by atoms with Crippen LogP contribution in [0.5, 0.6) is 0 Å². The molecule has 0 radical (unpaired) electrons. The number of aliphatic hydroxyl groups excluding tert-OH is 1. The monoisotopic (exact) mass is 394 g/mol. The van der Waals surface area contributed by atoms with Gasteiger partial charge in [0.05, 0.1) is 23.3 Å². The van der Waals surface area contributed by atoms with Gasteiger partial charge in [0.15, 0.2) is 0 Å². The van der Waals surface area contributed by atoms with Crippen molar-refractivity contribution in [3.05, 3.63) is 36.0 Å². The van der Waals surface area contributed by atoms with Gasteiger partial charge in [0.25, 0.3) is 0 Å². The van der Waals surface area contributed by atoms with Gasteiger partial charge in [-0.2, -0.15) is 13.2 Å². The second-order valence-electron chi connectivity index (χ2n) is 7.84.